The maximum atomic E-state index is 5.74. The minimum absolute atomic E-state index is 0.132. The third-order valence-electron chi connectivity index (χ3n) is 1.78. The van der Waals surface area contributed by atoms with Gasteiger partial charge in [-0.05, 0) is 5.92 Å². The van der Waals surface area contributed by atoms with Gasteiger partial charge in [0.2, 0.25) is 0 Å². The fourth-order valence-corrected chi connectivity index (χ4v) is 1.05. The highest BCUT2D eigenvalue weighted by atomic mass is 16.6. The molecule has 0 amide bonds. The molecule has 0 aromatic rings. The van der Waals surface area contributed by atoms with E-state index in [1.54, 1.807) is 0 Å². The molecule has 1 unspecified atom stereocenters. The van der Waals surface area contributed by atoms with E-state index in [4.69, 9.17) is 15.2 Å². The Balaban J connectivity index is 2.35. The van der Waals surface area contributed by atoms with E-state index in [1.807, 2.05) is 0 Å². The molecule has 1 heterocycles. The van der Waals surface area contributed by atoms with Gasteiger partial charge in [-0.1, -0.05) is 13.8 Å². The average Bonchev–Trinajstić information content (AvgIpc) is 2.15. The number of nitrogens with zero attached hydrogens (tertiary/aromatic N) is 1. The van der Waals surface area contributed by atoms with Crippen LogP contribution in [0.3, 0.4) is 0 Å². The van der Waals surface area contributed by atoms with Crippen LogP contribution in [-0.4, -0.2) is 38.3 Å². The van der Waals surface area contributed by atoms with Crippen molar-refractivity contribution in [2.24, 2.45) is 16.6 Å². The SMILES string of the molecule is CC(C)CN=C(N)C1COCCO1. The van der Waals surface area contributed by atoms with E-state index in [1.165, 1.54) is 0 Å². The van der Waals surface area contributed by atoms with Crippen LogP contribution in [0.5, 0.6) is 0 Å². The first-order valence-corrected chi connectivity index (χ1v) is 4.69. The molecule has 0 aromatic heterocycles. The van der Waals surface area contributed by atoms with Gasteiger partial charge in [0, 0.05) is 6.54 Å². The molecule has 0 saturated carbocycles. The van der Waals surface area contributed by atoms with Gasteiger partial charge < -0.3 is 15.2 Å². The summed E-state index contributed by atoms with van der Waals surface area (Å²) in [5.74, 6) is 1.09. The van der Waals surface area contributed by atoms with E-state index >= 15 is 0 Å². The van der Waals surface area contributed by atoms with Crippen LogP contribution < -0.4 is 5.73 Å². The maximum absolute atomic E-state index is 5.74. The molecule has 1 aliphatic rings. The van der Waals surface area contributed by atoms with Gasteiger partial charge in [0.1, 0.15) is 11.9 Å². The molecule has 1 aliphatic heterocycles. The molecule has 1 fully saturated rings. The Morgan fingerprint density at radius 3 is 2.85 bits per heavy atom. The van der Waals surface area contributed by atoms with Crippen molar-refractivity contribution in [1.29, 1.82) is 0 Å². The van der Waals surface area contributed by atoms with Gasteiger partial charge >= 0.3 is 0 Å². The highest BCUT2D eigenvalue weighted by molar-refractivity contribution is 5.85. The van der Waals surface area contributed by atoms with Gasteiger partial charge in [-0.2, -0.15) is 0 Å². The van der Waals surface area contributed by atoms with Crippen molar-refractivity contribution in [3.05, 3.63) is 0 Å². The second kappa shape index (κ2) is 5.19. The van der Waals surface area contributed by atoms with Gasteiger partial charge in [-0.25, -0.2) is 0 Å². The summed E-state index contributed by atoms with van der Waals surface area (Å²) >= 11 is 0. The first kappa shape index (κ1) is 10.5. The summed E-state index contributed by atoms with van der Waals surface area (Å²) in [5.41, 5.74) is 5.74. The molecule has 0 bridgehead atoms. The van der Waals surface area contributed by atoms with Gasteiger partial charge in [0.15, 0.2) is 0 Å². The van der Waals surface area contributed by atoms with Gasteiger partial charge in [0.25, 0.3) is 0 Å². The van der Waals surface area contributed by atoms with Crippen LogP contribution in [0, 0.1) is 5.92 Å². The first-order chi connectivity index (χ1) is 6.20. The third-order valence-corrected chi connectivity index (χ3v) is 1.78. The summed E-state index contributed by atoms with van der Waals surface area (Å²) in [6.45, 7) is 6.78. The molecule has 1 atom stereocenters. The Kier molecular flexibility index (Phi) is 4.18. The molecular formula is C9H18N2O2. The molecule has 76 valence electrons. The lowest BCUT2D eigenvalue weighted by molar-refractivity contribution is -0.0598. The molecule has 0 spiro atoms. The number of hydrogen-bond acceptors (Lipinski definition) is 3. The Labute approximate surface area is 79.1 Å². The zero-order chi connectivity index (χ0) is 9.68. The lowest BCUT2D eigenvalue weighted by Crippen LogP contribution is -2.40. The Bertz CT molecular complexity index is 174. The molecule has 13 heavy (non-hydrogen) atoms. The van der Waals surface area contributed by atoms with E-state index < -0.39 is 0 Å². The second-order valence-corrected chi connectivity index (χ2v) is 3.59. The van der Waals surface area contributed by atoms with Crippen molar-refractivity contribution in [2.45, 2.75) is 20.0 Å². The third kappa shape index (κ3) is 3.74. The molecule has 0 aromatic carbocycles. The van der Waals surface area contributed by atoms with Crippen LogP contribution in [0.4, 0.5) is 0 Å². The van der Waals surface area contributed by atoms with Crippen molar-refractivity contribution in [3.63, 3.8) is 0 Å². The standard InChI is InChI=1S/C9H18N2O2/c1-7(2)5-11-9(10)8-6-12-3-4-13-8/h7-8H,3-6H2,1-2H3,(H2,10,11). The quantitative estimate of drug-likeness (QED) is 0.513. The summed E-state index contributed by atoms with van der Waals surface area (Å²) < 4.78 is 10.6. The average molecular weight is 186 g/mol. The normalized spacial score (nSPS) is 25.2. The molecule has 4 heteroatoms. The Morgan fingerprint density at radius 2 is 2.31 bits per heavy atom. The number of rotatable bonds is 3. The minimum Gasteiger partial charge on any atom is -0.385 e. The van der Waals surface area contributed by atoms with E-state index in [2.05, 4.69) is 18.8 Å². The topological polar surface area (TPSA) is 56.8 Å². The van der Waals surface area contributed by atoms with Crippen LogP contribution in [0.2, 0.25) is 0 Å². The number of aliphatic imine (C=N–C) groups is 1. The molecule has 0 radical (unpaired) electrons. The van der Waals surface area contributed by atoms with Crippen molar-refractivity contribution in [2.75, 3.05) is 26.4 Å². The predicted molar refractivity (Wildman–Crippen MR) is 51.9 cm³/mol. The molecule has 1 rings (SSSR count). The summed E-state index contributed by atoms with van der Waals surface area (Å²) in [5, 5.41) is 0. The zero-order valence-electron chi connectivity index (χ0n) is 8.32. The molecular weight excluding hydrogens is 168 g/mol. The van der Waals surface area contributed by atoms with E-state index in [0.29, 0.717) is 31.6 Å². The predicted octanol–water partition coefficient (Wildman–Crippen LogP) is 0.415. The molecule has 0 aliphatic carbocycles. The second-order valence-electron chi connectivity index (χ2n) is 3.59. The van der Waals surface area contributed by atoms with Crippen molar-refractivity contribution >= 4 is 5.84 Å². The lowest BCUT2D eigenvalue weighted by Gasteiger charge is -2.22. The van der Waals surface area contributed by atoms with Gasteiger partial charge in [-0.15, -0.1) is 0 Å². The highest BCUT2D eigenvalue weighted by Gasteiger charge is 2.17. The monoisotopic (exact) mass is 186 g/mol. The zero-order valence-corrected chi connectivity index (χ0v) is 8.32. The summed E-state index contributed by atoms with van der Waals surface area (Å²) in [6, 6.07) is 0. The highest BCUT2D eigenvalue weighted by Crippen LogP contribution is 2.01. The smallest absolute Gasteiger partial charge is 0.137 e. The van der Waals surface area contributed by atoms with Crippen LogP contribution >= 0.6 is 0 Å². The fraction of sp³-hybridized carbons (Fsp3) is 0.889. The van der Waals surface area contributed by atoms with Gasteiger partial charge in [-0.3, -0.25) is 4.99 Å². The molecule has 2 N–H and O–H groups in total. The summed E-state index contributed by atoms with van der Waals surface area (Å²) in [4.78, 5) is 4.24. The van der Waals surface area contributed by atoms with Crippen molar-refractivity contribution in [1.82, 2.24) is 0 Å². The fourth-order valence-electron chi connectivity index (χ4n) is 1.05. The van der Waals surface area contributed by atoms with Crippen molar-refractivity contribution < 1.29 is 9.47 Å². The van der Waals surface area contributed by atoms with E-state index in [9.17, 15) is 0 Å². The number of amidine groups is 1. The number of ether oxygens (including phenoxy) is 2. The number of hydrogen-bond donors (Lipinski definition) is 1. The van der Waals surface area contributed by atoms with Crippen LogP contribution in [0.1, 0.15) is 13.8 Å². The first-order valence-electron chi connectivity index (χ1n) is 4.69. The largest absolute Gasteiger partial charge is 0.385 e. The summed E-state index contributed by atoms with van der Waals surface area (Å²) in [7, 11) is 0. The lowest BCUT2D eigenvalue weighted by atomic mass is 10.2. The van der Waals surface area contributed by atoms with Crippen LogP contribution in [-0.2, 0) is 9.47 Å². The molecule has 4 nitrogen and oxygen atoms in total. The Hall–Kier alpha value is -0.610. The van der Waals surface area contributed by atoms with E-state index in [0.717, 1.165) is 6.54 Å². The Morgan fingerprint density at radius 1 is 1.54 bits per heavy atom. The van der Waals surface area contributed by atoms with Crippen molar-refractivity contribution in [3.8, 4) is 0 Å². The number of nitrogens with two attached hydrogens (primary N) is 1. The van der Waals surface area contributed by atoms with Gasteiger partial charge in [0.05, 0.1) is 19.8 Å². The molecule has 1 saturated heterocycles. The van der Waals surface area contributed by atoms with Crippen LogP contribution in [0.15, 0.2) is 4.99 Å². The minimum atomic E-state index is -0.132. The summed E-state index contributed by atoms with van der Waals surface area (Å²) in [6.07, 6.45) is -0.132. The maximum Gasteiger partial charge on any atom is 0.137 e. The van der Waals surface area contributed by atoms with E-state index in [-0.39, 0.29) is 6.10 Å². The van der Waals surface area contributed by atoms with Crippen LogP contribution in [0.25, 0.3) is 0 Å².